The molecule has 5 aromatic rings. The average molecular weight is 590 g/mol. The molecule has 0 saturated heterocycles. The highest BCUT2D eigenvalue weighted by Gasteiger charge is 2.37. The molecule has 0 spiro atoms. The zero-order valence-corrected chi connectivity index (χ0v) is 23.5. The summed E-state index contributed by atoms with van der Waals surface area (Å²) in [6.07, 6.45) is 0. The Morgan fingerprint density at radius 1 is 1.02 bits per heavy atom. The summed E-state index contributed by atoms with van der Waals surface area (Å²) in [6.45, 7) is 0.215. The SMILES string of the molecule is COc1cccc(C2SC(c3ccc(Cl)cc3)=NN2C(=O)c2cccc(F)c2)c1OCc1nc2ccccc2s1. The lowest BCUT2D eigenvalue weighted by atomic mass is 10.1. The summed E-state index contributed by atoms with van der Waals surface area (Å²) in [5.74, 6) is 0.0435. The fraction of sp³-hybridized carbons (Fsp3) is 0.100. The molecule has 1 atom stereocenters. The molecule has 0 bridgehead atoms. The zero-order valence-electron chi connectivity index (χ0n) is 21.1. The Hall–Kier alpha value is -3.92. The molecule has 6 rings (SSSR count). The van der Waals surface area contributed by atoms with Gasteiger partial charge in [0.1, 0.15) is 27.8 Å². The first-order valence-electron chi connectivity index (χ1n) is 12.2. The molecule has 10 heteroatoms. The van der Waals surface area contributed by atoms with Gasteiger partial charge in [0.05, 0.1) is 17.3 Å². The average Bonchev–Trinajstić information content (AvgIpc) is 3.60. The highest BCUT2D eigenvalue weighted by atomic mass is 35.5. The lowest BCUT2D eigenvalue weighted by Gasteiger charge is -2.24. The number of methoxy groups -OCH3 is 1. The Morgan fingerprint density at radius 2 is 1.82 bits per heavy atom. The predicted octanol–water partition coefficient (Wildman–Crippen LogP) is 7.93. The molecule has 1 amide bonds. The molecule has 4 aromatic carbocycles. The minimum Gasteiger partial charge on any atom is -0.493 e. The molecule has 200 valence electrons. The summed E-state index contributed by atoms with van der Waals surface area (Å²) < 4.78 is 27.1. The number of thiazole rings is 1. The van der Waals surface area contributed by atoms with E-state index in [0.717, 1.165) is 20.8 Å². The molecule has 6 nitrogen and oxygen atoms in total. The van der Waals surface area contributed by atoms with Crippen molar-refractivity contribution in [1.82, 2.24) is 9.99 Å². The number of carbonyl (C=O) groups excluding carboxylic acids is 1. The van der Waals surface area contributed by atoms with Crippen LogP contribution in [0.4, 0.5) is 4.39 Å². The first kappa shape index (κ1) is 26.3. The first-order chi connectivity index (χ1) is 19.5. The van der Waals surface area contributed by atoms with Crippen LogP contribution < -0.4 is 9.47 Å². The number of carbonyl (C=O) groups is 1. The van der Waals surface area contributed by atoms with Gasteiger partial charge in [-0.1, -0.05) is 65.8 Å². The van der Waals surface area contributed by atoms with Crippen molar-refractivity contribution in [3.63, 3.8) is 0 Å². The van der Waals surface area contributed by atoms with Gasteiger partial charge in [0.2, 0.25) is 0 Å². The van der Waals surface area contributed by atoms with Crippen molar-refractivity contribution in [2.45, 2.75) is 12.0 Å². The highest BCUT2D eigenvalue weighted by Crippen LogP contribution is 2.48. The summed E-state index contributed by atoms with van der Waals surface area (Å²) >= 11 is 9.04. The van der Waals surface area contributed by atoms with E-state index in [1.54, 1.807) is 42.7 Å². The van der Waals surface area contributed by atoms with Crippen molar-refractivity contribution in [2.75, 3.05) is 7.11 Å². The van der Waals surface area contributed by atoms with Crippen molar-refractivity contribution in [2.24, 2.45) is 5.10 Å². The number of hydrogen-bond donors (Lipinski definition) is 0. The van der Waals surface area contributed by atoms with Crippen molar-refractivity contribution < 1.29 is 18.7 Å². The number of thioether (sulfide) groups is 1. The zero-order chi connectivity index (χ0) is 27.6. The second-order valence-corrected chi connectivity index (χ2v) is 11.4. The Bertz CT molecular complexity index is 1710. The summed E-state index contributed by atoms with van der Waals surface area (Å²) in [7, 11) is 1.57. The molecule has 0 fully saturated rings. The molecular weight excluding hydrogens is 569 g/mol. The highest BCUT2D eigenvalue weighted by molar-refractivity contribution is 8.14. The third-order valence-electron chi connectivity index (χ3n) is 6.19. The Labute approximate surface area is 243 Å². The van der Waals surface area contributed by atoms with E-state index in [-0.39, 0.29) is 12.2 Å². The predicted molar refractivity (Wildman–Crippen MR) is 158 cm³/mol. The maximum atomic E-state index is 14.0. The Kier molecular flexibility index (Phi) is 7.42. The van der Waals surface area contributed by atoms with Crippen molar-refractivity contribution in [3.05, 3.63) is 124 Å². The number of nitrogens with zero attached hydrogens (tertiary/aromatic N) is 3. The van der Waals surface area contributed by atoms with Crippen LogP contribution in [-0.2, 0) is 6.61 Å². The summed E-state index contributed by atoms with van der Waals surface area (Å²) in [4.78, 5) is 18.4. The van der Waals surface area contributed by atoms with E-state index in [1.807, 2.05) is 48.5 Å². The van der Waals surface area contributed by atoms with Crippen LogP contribution in [0.15, 0.2) is 96.1 Å². The van der Waals surface area contributed by atoms with Crippen LogP contribution in [-0.4, -0.2) is 28.1 Å². The third kappa shape index (κ3) is 5.28. The number of aromatic nitrogens is 1. The summed E-state index contributed by atoms with van der Waals surface area (Å²) in [5.41, 5.74) is 2.58. The van der Waals surface area contributed by atoms with Gasteiger partial charge in [-0.05, 0) is 48.5 Å². The number of benzene rings is 4. The minimum absolute atomic E-state index is 0.187. The van der Waals surface area contributed by atoms with E-state index >= 15 is 0 Å². The number of hydrogen-bond acceptors (Lipinski definition) is 7. The van der Waals surface area contributed by atoms with Gasteiger partial charge in [0.25, 0.3) is 5.91 Å². The maximum absolute atomic E-state index is 14.0. The van der Waals surface area contributed by atoms with Crippen molar-refractivity contribution in [3.8, 4) is 11.5 Å². The Balaban J connectivity index is 1.38. The fourth-order valence-corrected chi connectivity index (χ4v) is 6.49. The normalized spacial score (nSPS) is 14.8. The van der Waals surface area contributed by atoms with Crippen LogP contribution in [0.3, 0.4) is 0 Å². The number of fused-ring (bicyclic) bond motifs is 1. The third-order valence-corrected chi connectivity index (χ3v) is 8.67. The molecule has 2 heterocycles. The monoisotopic (exact) mass is 589 g/mol. The Morgan fingerprint density at radius 3 is 2.60 bits per heavy atom. The van der Waals surface area contributed by atoms with E-state index in [4.69, 9.17) is 21.1 Å². The fourth-order valence-electron chi connectivity index (χ4n) is 4.31. The first-order valence-corrected chi connectivity index (χ1v) is 14.3. The lowest BCUT2D eigenvalue weighted by molar-refractivity contribution is 0.0746. The van der Waals surface area contributed by atoms with Gasteiger partial charge in [-0.3, -0.25) is 4.79 Å². The van der Waals surface area contributed by atoms with E-state index < -0.39 is 17.1 Å². The molecule has 1 aromatic heterocycles. The molecule has 0 saturated carbocycles. The number of hydrazone groups is 1. The van der Waals surface area contributed by atoms with Crippen LogP contribution in [0.2, 0.25) is 5.02 Å². The molecule has 1 aliphatic heterocycles. The van der Waals surface area contributed by atoms with Crippen LogP contribution in [0, 0.1) is 5.82 Å². The topological polar surface area (TPSA) is 64.0 Å². The molecule has 1 unspecified atom stereocenters. The van der Waals surface area contributed by atoms with Gasteiger partial charge < -0.3 is 9.47 Å². The smallest absolute Gasteiger partial charge is 0.275 e. The number of para-hydroxylation sites is 2. The van der Waals surface area contributed by atoms with Gasteiger partial charge in [0.15, 0.2) is 11.5 Å². The van der Waals surface area contributed by atoms with Gasteiger partial charge in [0, 0.05) is 21.7 Å². The largest absolute Gasteiger partial charge is 0.493 e. The molecule has 0 aliphatic carbocycles. The van der Waals surface area contributed by atoms with E-state index in [0.29, 0.717) is 27.1 Å². The van der Waals surface area contributed by atoms with Crippen molar-refractivity contribution >= 4 is 55.9 Å². The lowest BCUT2D eigenvalue weighted by Crippen LogP contribution is -2.26. The van der Waals surface area contributed by atoms with Gasteiger partial charge in [-0.25, -0.2) is 14.4 Å². The number of ether oxygens (including phenoxy) is 2. The minimum atomic E-state index is -0.609. The van der Waals surface area contributed by atoms with E-state index in [1.165, 1.54) is 35.0 Å². The van der Waals surface area contributed by atoms with E-state index in [2.05, 4.69) is 10.1 Å². The molecule has 0 radical (unpaired) electrons. The molecular formula is C30H21ClFN3O3S2. The number of rotatable bonds is 7. The molecule has 1 aliphatic rings. The maximum Gasteiger partial charge on any atom is 0.275 e. The number of halogens is 2. The van der Waals surface area contributed by atoms with E-state index in [9.17, 15) is 9.18 Å². The van der Waals surface area contributed by atoms with Crippen LogP contribution in [0.5, 0.6) is 11.5 Å². The van der Waals surface area contributed by atoms with Gasteiger partial charge >= 0.3 is 0 Å². The summed E-state index contributed by atoms with van der Waals surface area (Å²) in [5, 5.41) is 7.46. The molecule has 40 heavy (non-hydrogen) atoms. The van der Waals surface area contributed by atoms with Crippen LogP contribution in [0.25, 0.3) is 10.2 Å². The number of amides is 1. The standard InChI is InChI=1S/C30H21ClFN3O3S2/c1-37-24-10-5-8-22(27(24)38-17-26-33-23-9-2-3-11-25(23)39-26)30-35(29(36)19-6-4-7-21(32)16-19)34-28(40-30)18-12-14-20(31)15-13-18/h2-16,30H,17H2,1H3. The molecule has 0 N–H and O–H groups in total. The van der Waals surface area contributed by atoms with Crippen LogP contribution >= 0.6 is 34.7 Å². The van der Waals surface area contributed by atoms with Gasteiger partial charge in [-0.2, -0.15) is 5.10 Å². The summed E-state index contributed by atoms with van der Waals surface area (Å²) in [6, 6.07) is 26.2. The second kappa shape index (κ2) is 11.3. The van der Waals surface area contributed by atoms with Gasteiger partial charge in [-0.15, -0.1) is 11.3 Å². The van der Waals surface area contributed by atoms with Crippen LogP contribution in [0.1, 0.15) is 31.9 Å². The quantitative estimate of drug-likeness (QED) is 0.193. The van der Waals surface area contributed by atoms with Crippen molar-refractivity contribution in [1.29, 1.82) is 0 Å². The second-order valence-electron chi connectivity index (χ2n) is 8.78.